The van der Waals surface area contributed by atoms with E-state index in [1.54, 1.807) is 23.1 Å². The second-order valence-corrected chi connectivity index (χ2v) is 7.69. The second kappa shape index (κ2) is 7.94. The molecule has 7 heteroatoms. The van der Waals surface area contributed by atoms with Gasteiger partial charge < -0.3 is 15.5 Å². The molecule has 3 rings (SSSR count). The van der Waals surface area contributed by atoms with Crippen molar-refractivity contribution in [2.75, 3.05) is 19.6 Å². The molecule has 5 nitrogen and oxygen atoms in total. The van der Waals surface area contributed by atoms with Crippen molar-refractivity contribution in [2.24, 2.45) is 5.92 Å². The van der Waals surface area contributed by atoms with Gasteiger partial charge in [-0.25, -0.2) is 0 Å². The van der Waals surface area contributed by atoms with Crippen LogP contribution in [0.15, 0.2) is 18.2 Å². The molecule has 1 aromatic rings. The number of carbonyl (C=O) groups excluding carboxylic acids is 2. The SMILES string of the molecule is CC1CNCCC1NC(=O)C1CCCN1C(=O)c1ccc(Cl)c(Cl)c1. The Morgan fingerprint density at radius 1 is 1.24 bits per heavy atom. The molecule has 0 aromatic heterocycles. The highest BCUT2D eigenvalue weighted by molar-refractivity contribution is 6.42. The van der Waals surface area contributed by atoms with E-state index in [1.165, 1.54) is 0 Å². The number of nitrogens with one attached hydrogen (secondary N) is 2. The molecule has 2 heterocycles. The number of likely N-dealkylation sites (tertiary alicyclic amines) is 1. The van der Waals surface area contributed by atoms with E-state index < -0.39 is 6.04 Å². The molecule has 2 fully saturated rings. The zero-order valence-electron chi connectivity index (χ0n) is 14.2. The molecule has 3 atom stereocenters. The molecule has 0 radical (unpaired) electrons. The van der Waals surface area contributed by atoms with Crippen molar-refractivity contribution in [1.82, 2.24) is 15.5 Å². The van der Waals surface area contributed by atoms with Crippen molar-refractivity contribution < 1.29 is 9.59 Å². The lowest BCUT2D eigenvalue weighted by Crippen LogP contribution is -2.53. The van der Waals surface area contributed by atoms with Gasteiger partial charge in [0.15, 0.2) is 0 Å². The fraction of sp³-hybridized carbons (Fsp3) is 0.556. The summed E-state index contributed by atoms with van der Waals surface area (Å²) in [6.45, 7) is 4.52. The topological polar surface area (TPSA) is 61.4 Å². The van der Waals surface area contributed by atoms with E-state index in [1.807, 2.05) is 0 Å². The van der Waals surface area contributed by atoms with E-state index in [9.17, 15) is 9.59 Å². The first-order chi connectivity index (χ1) is 12.0. The molecule has 2 aliphatic heterocycles. The maximum absolute atomic E-state index is 12.8. The first-order valence-electron chi connectivity index (χ1n) is 8.74. The molecule has 136 valence electrons. The van der Waals surface area contributed by atoms with Crippen molar-refractivity contribution >= 4 is 35.0 Å². The predicted octanol–water partition coefficient (Wildman–Crippen LogP) is 2.71. The van der Waals surface area contributed by atoms with Crippen LogP contribution in [0.1, 0.15) is 36.5 Å². The third-order valence-corrected chi connectivity index (χ3v) is 5.83. The molecule has 2 amide bonds. The Morgan fingerprint density at radius 3 is 2.76 bits per heavy atom. The minimum Gasteiger partial charge on any atom is -0.351 e. The zero-order chi connectivity index (χ0) is 18.0. The lowest BCUT2D eigenvalue weighted by atomic mass is 9.95. The highest BCUT2D eigenvalue weighted by Crippen LogP contribution is 2.26. The van der Waals surface area contributed by atoms with Crippen molar-refractivity contribution in [3.63, 3.8) is 0 Å². The van der Waals surface area contributed by atoms with E-state index in [4.69, 9.17) is 23.2 Å². The lowest BCUT2D eigenvalue weighted by Gasteiger charge is -2.32. The van der Waals surface area contributed by atoms with Crippen LogP contribution in [-0.2, 0) is 4.79 Å². The van der Waals surface area contributed by atoms with Crippen LogP contribution in [0.3, 0.4) is 0 Å². The van der Waals surface area contributed by atoms with Crippen molar-refractivity contribution in [3.05, 3.63) is 33.8 Å². The average Bonchev–Trinajstić information content (AvgIpc) is 3.08. The number of amides is 2. The van der Waals surface area contributed by atoms with Gasteiger partial charge in [-0.1, -0.05) is 30.1 Å². The summed E-state index contributed by atoms with van der Waals surface area (Å²) in [6, 6.07) is 4.58. The highest BCUT2D eigenvalue weighted by atomic mass is 35.5. The number of benzene rings is 1. The average molecular weight is 384 g/mol. The van der Waals surface area contributed by atoms with Crippen LogP contribution in [0, 0.1) is 5.92 Å². The smallest absolute Gasteiger partial charge is 0.254 e. The Hall–Kier alpha value is -1.30. The van der Waals surface area contributed by atoms with E-state index >= 15 is 0 Å². The van der Waals surface area contributed by atoms with Gasteiger partial charge in [-0.3, -0.25) is 9.59 Å². The van der Waals surface area contributed by atoms with Crippen LogP contribution in [-0.4, -0.2) is 48.4 Å². The summed E-state index contributed by atoms with van der Waals surface area (Å²) in [5.41, 5.74) is 0.462. The van der Waals surface area contributed by atoms with Crippen LogP contribution < -0.4 is 10.6 Å². The lowest BCUT2D eigenvalue weighted by molar-refractivity contribution is -0.126. The molecular weight excluding hydrogens is 361 g/mol. The summed E-state index contributed by atoms with van der Waals surface area (Å²) >= 11 is 11.9. The molecule has 2 saturated heterocycles. The summed E-state index contributed by atoms with van der Waals surface area (Å²) in [7, 11) is 0. The van der Waals surface area contributed by atoms with Gasteiger partial charge in [0.2, 0.25) is 5.91 Å². The first kappa shape index (κ1) is 18.5. The summed E-state index contributed by atoms with van der Waals surface area (Å²) < 4.78 is 0. The van der Waals surface area contributed by atoms with Crippen molar-refractivity contribution in [3.8, 4) is 0 Å². The minimum absolute atomic E-state index is 0.0512. The molecule has 3 unspecified atom stereocenters. The number of hydrogen-bond donors (Lipinski definition) is 2. The molecule has 2 aliphatic rings. The maximum atomic E-state index is 12.8. The summed E-state index contributed by atoms with van der Waals surface area (Å²) in [5.74, 6) is 0.164. The van der Waals surface area contributed by atoms with Gasteiger partial charge >= 0.3 is 0 Å². The van der Waals surface area contributed by atoms with Gasteiger partial charge in [-0.05, 0) is 56.5 Å². The van der Waals surface area contributed by atoms with Gasteiger partial charge in [0.25, 0.3) is 5.91 Å². The third kappa shape index (κ3) is 4.10. The Labute approximate surface area is 158 Å². The number of halogens is 2. The Balaban J connectivity index is 1.69. The molecule has 0 saturated carbocycles. The fourth-order valence-corrected chi connectivity index (χ4v) is 3.88. The quantitative estimate of drug-likeness (QED) is 0.843. The van der Waals surface area contributed by atoms with E-state index in [0.29, 0.717) is 34.5 Å². The van der Waals surface area contributed by atoms with Crippen LogP contribution in [0.5, 0.6) is 0 Å². The third-order valence-electron chi connectivity index (χ3n) is 5.10. The first-order valence-corrected chi connectivity index (χ1v) is 9.50. The van der Waals surface area contributed by atoms with E-state index in [0.717, 1.165) is 25.9 Å². The Kier molecular flexibility index (Phi) is 5.87. The minimum atomic E-state index is -0.413. The fourth-order valence-electron chi connectivity index (χ4n) is 3.58. The number of piperidine rings is 1. The molecule has 2 N–H and O–H groups in total. The Morgan fingerprint density at radius 2 is 2.04 bits per heavy atom. The summed E-state index contributed by atoms with van der Waals surface area (Å²) in [5, 5.41) is 7.23. The molecule has 1 aromatic carbocycles. The van der Waals surface area contributed by atoms with Crippen molar-refractivity contribution in [1.29, 1.82) is 0 Å². The largest absolute Gasteiger partial charge is 0.351 e. The zero-order valence-corrected chi connectivity index (χ0v) is 15.7. The van der Waals surface area contributed by atoms with Crippen LogP contribution in [0.4, 0.5) is 0 Å². The molecule has 0 spiro atoms. The number of carbonyl (C=O) groups is 2. The number of nitrogens with zero attached hydrogens (tertiary/aromatic N) is 1. The highest BCUT2D eigenvalue weighted by Gasteiger charge is 2.36. The van der Waals surface area contributed by atoms with Gasteiger partial charge in [0.05, 0.1) is 10.0 Å². The molecule has 0 aliphatic carbocycles. The van der Waals surface area contributed by atoms with Gasteiger partial charge in [-0.2, -0.15) is 0 Å². The molecule has 25 heavy (non-hydrogen) atoms. The summed E-state index contributed by atoms with van der Waals surface area (Å²) in [6.07, 6.45) is 2.44. The normalized spacial score (nSPS) is 26.5. The van der Waals surface area contributed by atoms with E-state index in [2.05, 4.69) is 17.6 Å². The van der Waals surface area contributed by atoms with Gasteiger partial charge in [0.1, 0.15) is 6.04 Å². The molecular formula is C18H23Cl2N3O2. The van der Waals surface area contributed by atoms with E-state index in [-0.39, 0.29) is 17.9 Å². The van der Waals surface area contributed by atoms with Crippen LogP contribution >= 0.6 is 23.2 Å². The summed E-state index contributed by atoms with van der Waals surface area (Å²) in [4.78, 5) is 27.2. The monoisotopic (exact) mass is 383 g/mol. The van der Waals surface area contributed by atoms with Crippen LogP contribution in [0.25, 0.3) is 0 Å². The number of hydrogen-bond acceptors (Lipinski definition) is 3. The maximum Gasteiger partial charge on any atom is 0.254 e. The second-order valence-electron chi connectivity index (χ2n) is 6.87. The van der Waals surface area contributed by atoms with Gasteiger partial charge in [-0.15, -0.1) is 0 Å². The van der Waals surface area contributed by atoms with Crippen molar-refractivity contribution in [2.45, 2.75) is 38.3 Å². The standard InChI is InChI=1S/C18H23Cl2N3O2/c1-11-10-21-7-6-15(11)22-17(24)16-3-2-8-23(16)18(25)12-4-5-13(19)14(20)9-12/h4-5,9,11,15-16,21H,2-3,6-8,10H2,1H3,(H,22,24). The van der Waals surface area contributed by atoms with Crippen LogP contribution in [0.2, 0.25) is 10.0 Å². The molecule has 0 bridgehead atoms. The Bertz CT molecular complexity index is 668. The van der Waals surface area contributed by atoms with Gasteiger partial charge in [0, 0.05) is 18.2 Å². The predicted molar refractivity (Wildman–Crippen MR) is 99.1 cm³/mol. The number of rotatable bonds is 3.